The maximum atomic E-state index is 14.4. The third-order valence-corrected chi connectivity index (χ3v) is 4.63. The van der Waals surface area contributed by atoms with Gasteiger partial charge in [0.05, 0.1) is 13.3 Å². The first-order valence-corrected chi connectivity index (χ1v) is 10.6. The minimum atomic E-state index is -2.57. The van der Waals surface area contributed by atoms with E-state index < -0.39 is 21.3 Å². The molecule has 0 aliphatic rings. The molecule has 1 heterocycles. The molecular formula is C20H20F2N4O2S. The van der Waals surface area contributed by atoms with Gasteiger partial charge in [0, 0.05) is 38.6 Å². The number of nitrogens with one attached hydrogen (secondary N) is 1. The summed E-state index contributed by atoms with van der Waals surface area (Å²) in [4.78, 5) is 8.18. The molecule has 0 bridgehead atoms. The van der Waals surface area contributed by atoms with Crippen molar-refractivity contribution in [2.45, 2.75) is 6.92 Å². The smallest absolute Gasteiger partial charge is 0.227 e. The second-order valence-electron chi connectivity index (χ2n) is 6.58. The zero-order chi connectivity index (χ0) is 21.2. The van der Waals surface area contributed by atoms with Gasteiger partial charge in [-0.05, 0) is 42.3 Å². The number of benzene rings is 2. The lowest BCUT2D eigenvalue weighted by molar-refractivity contribution is 0.412. The minimum Gasteiger partial charge on any atom is -0.496 e. The fraction of sp³-hybridized carbons (Fsp3) is 0.150. The summed E-state index contributed by atoms with van der Waals surface area (Å²) in [7, 11) is -1.21. The molecule has 0 spiro atoms. The third-order valence-electron chi connectivity index (χ3n) is 3.89. The van der Waals surface area contributed by atoms with Crippen LogP contribution < -0.4 is 15.2 Å². The number of ether oxygens (including phenoxy) is 1. The highest BCUT2D eigenvalue weighted by Crippen LogP contribution is 2.31. The molecule has 1 unspecified atom stereocenters. The largest absolute Gasteiger partial charge is 0.496 e. The Bertz CT molecular complexity index is 1180. The summed E-state index contributed by atoms with van der Waals surface area (Å²) < 4.78 is 44.8. The van der Waals surface area contributed by atoms with Crippen LogP contribution in [0.1, 0.15) is 11.1 Å². The molecule has 1 atom stereocenters. The zero-order valence-electron chi connectivity index (χ0n) is 16.1. The van der Waals surface area contributed by atoms with Crippen molar-refractivity contribution < 1.29 is 17.7 Å². The van der Waals surface area contributed by atoms with E-state index in [0.29, 0.717) is 16.8 Å². The number of hydrogen-bond donors (Lipinski definition) is 2. The molecule has 0 saturated carbocycles. The Labute approximate surface area is 167 Å². The molecule has 3 rings (SSSR count). The first-order valence-electron chi connectivity index (χ1n) is 8.51. The van der Waals surface area contributed by atoms with E-state index in [1.807, 2.05) is 19.1 Å². The Hall–Kier alpha value is -3.04. The van der Waals surface area contributed by atoms with Crippen LogP contribution in [0.3, 0.4) is 0 Å². The summed E-state index contributed by atoms with van der Waals surface area (Å²) in [5.41, 5.74) is 2.45. The summed E-state index contributed by atoms with van der Waals surface area (Å²) in [6, 6.07) is 9.14. The fourth-order valence-corrected chi connectivity index (χ4v) is 3.51. The van der Waals surface area contributed by atoms with Gasteiger partial charge in [-0.1, -0.05) is 6.07 Å². The minimum absolute atomic E-state index is 0.0303. The van der Waals surface area contributed by atoms with E-state index in [1.165, 1.54) is 30.9 Å². The van der Waals surface area contributed by atoms with Crippen molar-refractivity contribution in [3.63, 3.8) is 0 Å². The predicted octanol–water partition coefficient (Wildman–Crippen LogP) is 3.42. The summed E-state index contributed by atoms with van der Waals surface area (Å²) in [6.07, 6.45) is 2.46. The van der Waals surface area contributed by atoms with Gasteiger partial charge in [-0.3, -0.25) is 9.35 Å². The van der Waals surface area contributed by atoms with Crippen molar-refractivity contribution in [3.8, 4) is 17.0 Å². The number of nitrogens with zero attached hydrogens (tertiary/aromatic N) is 2. The van der Waals surface area contributed by atoms with Gasteiger partial charge >= 0.3 is 0 Å². The predicted molar refractivity (Wildman–Crippen MR) is 112 cm³/mol. The molecule has 6 nitrogen and oxygen atoms in total. The molecule has 0 radical (unpaired) electrons. The van der Waals surface area contributed by atoms with E-state index in [-0.39, 0.29) is 17.4 Å². The molecule has 3 N–H and O–H groups in total. The van der Waals surface area contributed by atoms with Crippen LogP contribution >= 0.6 is 0 Å². The van der Waals surface area contributed by atoms with Gasteiger partial charge in [-0.2, -0.15) is 0 Å². The van der Waals surface area contributed by atoms with E-state index >= 15 is 0 Å². The van der Waals surface area contributed by atoms with Gasteiger partial charge in [0.1, 0.15) is 17.3 Å². The standard InChI is InChI=1S/C20H20F2N4O2S/c1-12-6-13(11-29(3,23)27)8-15(7-12)25-20-24-10-17(22)19(26-20)16-5-4-14(21)9-18(16)28-2/h4-11H,1-3H3,(H2,23,27)(H,24,25,26). The number of anilines is 2. The lowest BCUT2D eigenvalue weighted by Gasteiger charge is -2.12. The van der Waals surface area contributed by atoms with Crippen LogP contribution in [0.15, 0.2) is 42.6 Å². The lowest BCUT2D eigenvalue weighted by Crippen LogP contribution is -2.13. The lowest BCUT2D eigenvalue weighted by atomic mass is 10.1. The quantitative estimate of drug-likeness (QED) is 0.620. The first-order chi connectivity index (χ1) is 13.6. The van der Waals surface area contributed by atoms with E-state index in [4.69, 9.17) is 9.88 Å². The van der Waals surface area contributed by atoms with E-state index in [9.17, 15) is 13.0 Å². The normalized spacial score (nSPS) is 12.9. The highest BCUT2D eigenvalue weighted by Gasteiger charge is 2.15. The van der Waals surface area contributed by atoms with Crippen LogP contribution in [0, 0.1) is 18.6 Å². The van der Waals surface area contributed by atoms with Crippen molar-refractivity contribution in [1.82, 2.24) is 9.97 Å². The summed E-state index contributed by atoms with van der Waals surface area (Å²) in [6.45, 7) is 1.87. The highest BCUT2D eigenvalue weighted by molar-refractivity contribution is 7.98. The van der Waals surface area contributed by atoms with Crippen LogP contribution in [0.2, 0.25) is 0 Å². The Morgan fingerprint density at radius 2 is 1.97 bits per heavy atom. The third kappa shape index (κ3) is 5.27. The highest BCUT2D eigenvalue weighted by atomic mass is 32.2. The molecule has 0 amide bonds. The monoisotopic (exact) mass is 418 g/mol. The number of aromatic nitrogens is 2. The number of halogens is 2. The molecule has 0 aliphatic carbocycles. The van der Waals surface area contributed by atoms with E-state index in [1.54, 1.807) is 6.07 Å². The molecule has 2 aromatic carbocycles. The molecule has 0 aliphatic heterocycles. The molecule has 29 heavy (non-hydrogen) atoms. The molecule has 1 aromatic heterocycles. The maximum Gasteiger partial charge on any atom is 0.227 e. The van der Waals surface area contributed by atoms with Gasteiger partial charge in [-0.25, -0.2) is 18.7 Å². The molecule has 152 valence electrons. The van der Waals surface area contributed by atoms with Gasteiger partial charge < -0.3 is 10.1 Å². The zero-order valence-corrected chi connectivity index (χ0v) is 16.9. The van der Waals surface area contributed by atoms with Crippen LogP contribution in [0.5, 0.6) is 5.75 Å². The summed E-state index contributed by atoms with van der Waals surface area (Å²) in [5.74, 6) is -0.891. The summed E-state index contributed by atoms with van der Waals surface area (Å²) in [5, 5.41) is 10.1. The van der Waals surface area contributed by atoms with Crippen molar-refractivity contribution in [2.24, 2.45) is 5.14 Å². The number of rotatable bonds is 5. The fourth-order valence-electron chi connectivity index (χ4n) is 2.83. The number of hydrogen-bond acceptors (Lipinski definition) is 5. The second-order valence-corrected chi connectivity index (χ2v) is 8.75. The second kappa shape index (κ2) is 8.14. The maximum absolute atomic E-state index is 14.4. The van der Waals surface area contributed by atoms with Crippen molar-refractivity contribution in [1.29, 1.82) is 0 Å². The topological polar surface area (TPSA) is 90.1 Å². The molecule has 3 aromatic rings. The van der Waals surface area contributed by atoms with Crippen LogP contribution in [-0.4, -0.2) is 32.9 Å². The Morgan fingerprint density at radius 1 is 1.21 bits per heavy atom. The van der Waals surface area contributed by atoms with Crippen molar-refractivity contribution in [2.75, 3.05) is 18.7 Å². The molecular weight excluding hydrogens is 398 g/mol. The number of nitrogens with two attached hydrogens (primary N) is 1. The first kappa shape index (κ1) is 20.7. The van der Waals surface area contributed by atoms with Gasteiger partial charge in [0.25, 0.3) is 0 Å². The molecule has 0 fully saturated rings. The van der Waals surface area contributed by atoms with Crippen molar-refractivity contribution in [3.05, 3.63) is 65.4 Å². The van der Waals surface area contributed by atoms with Gasteiger partial charge in [-0.15, -0.1) is 0 Å². The Kier molecular flexibility index (Phi) is 5.81. The number of aryl methyl sites for hydroxylation is 1. The average Bonchev–Trinajstić information content (AvgIpc) is 2.61. The van der Waals surface area contributed by atoms with E-state index in [0.717, 1.165) is 17.8 Å². The van der Waals surface area contributed by atoms with Gasteiger partial charge in [0.2, 0.25) is 5.95 Å². The average molecular weight is 418 g/mol. The van der Waals surface area contributed by atoms with Crippen LogP contribution in [0.4, 0.5) is 20.4 Å². The SMILES string of the molecule is COc1cc(F)ccc1-c1nc(Nc2cc(C)cc(C=S(C)(N)=O)c2)ncc1F. The number of methoxy groups -OCH3 is 1. The van der Waals surface area contributed by atoms with E-state index in [2.05, 4.69) is 15.3 Å². The Morgan fingerprint density at radius 3 is 2.66 bits per heavy atom. The summed E-state index contributed by atoms with van der Waals surface area (Å²) >= 11 is 0. The van der Waals surface area contributed by atoms with Crippen molar-refractivity contribution >= 4 is 26.7 Å². The molecule has 9 heteroatoms. The molecule has 0 saturated heterocycles. The van der Waals surface area contributed by atoms with Crippen LogP contribution in [0.25, 0.3) is 11.3 Å². The van der Waals surface area contributed by atoms with Gasteiger partial charge in [0.15, 0.2) is 5.82 Å². The van der Waals surface area contributed by atoms with Crippen LogP contribution in [-0.2, 0) is 9.71 Å². The Balaban J connectivity index is 2.01.